The van der Waals surface area contributed by atoms with Crippen molar-refractivity contribution >= 4 is 18.3 Å². The Morgan fingerprint density at radius 1 is 1.41 bits per heavy atom. The molecule has 2 N–H and O–H groups in total. The highest BCUT2D eigenvalue weighted by molar-refractivity contribution is 5.85. The Balaban J connectivity index is 0.00000242. The lowest BCUT2D eigenvalue weighted by Crippen LogP contribution is -2.51. The Morgan fingerprint density at radius 2 is 2.05 bits per heavy atom. The topological polar surface area (TPSA) is 55.6 Å². The van der Waals surface area contributed by atoms with E-state index < -0.39 is 11.6 Å². The van der Waals surface area contributed by atoms with Gasteiger partial charge in [-0.25, -0.2) is 8.78 Å². The fourth-order valence-corrected chi connectivity index (χ4v) is 2.73. The summed E-state index contributed by atoms with van der Waals surface area (Å²) in [6, 6.07) is 3.45. The van der Waals surface area contributed by atoms with Crippen LogP contribution in [0.15, 0.2) is 18.2 Å². The summed E-state index contributed by atoms with van der Waals surface area (Å²) in [6.45, 7) is 0.806. The monoisotopic (exact) mass is 334 g/mol. The van der Waals surface area contributed by atoms with Crippen LogP contribution in [0.5, 0.6) is 0 Å². The number of halogens is 3. The molecule has 2 atom stereocenters. The molecule has 1 saturated heterocycles. The van der Waals surface area contributed by atoms with E-state index in [1.54, 1.807) is 12.0 Å². The average Bonchev–Trinajstić information content (AvgIpc) is 2.50. The first-order valence-corrected chi connectivity index (χ1v) is 7.02. The Kier molecular flexibility index (Phi) is 7.19. The molecule has 1 aromatic carbocycles. The normalized spacial score (nSPS) is 21.4. The van der Waals surface area contributed by atoms with Crippen molar-refractivity contribution < 1.29 is 18.3 Å². The smallest absolute Gasteiger partial charge is 0.227 e. The highest BCUT2D eigenvalue weighted by Gasteiger charge is 2.31. The van der Waals surface area contributed by atoms with Gasteiger partial charge in [0.1, 0.15) is 11.6 Å². The van der Waals surface area contributed by atoms with Crippen LogP contribution in [0.1, 0.15) is 18.4 Å². The molecule has 1 fully saturated rings. The maximum atomic E-state index is 13.6. The third-order valence-corrected chi connectivity index (χ3v) is 3.98. The van der Waals surface area contributed by atoms with Crippen molar-refractivity contribution in [2.24, 2.45) is 5.73 Å². The van der Waals surface area contributed by atoms with Gasteiger partial charge in [0, 0.05) is 31.8 Å². The van der Waals surface area contributed by atoms with E-state index in [1.807, 2.05) is 0 Å². The molecule has 1 aliphatic heterocycles. The molecule has 1 amide bonds. The number of carbonyl (C=O) groups excluding carboxylic acids is 1. The van der Waals surface area contributed by atoms with E-state index in [0.29, 0.717) is 25.9 Å². The molecule has 1 heterocycles. The maximum Gasteiger partial charge on any atom is 0.227 e. The molecular formula is C15H21ClF2N2O2. The highest BCUT2D eigenvalue weighted by atomic mass is 35.5. The van der Waals surface area contributed by atoms with Gasteiger partial charge in [0.2, 0.25) is 5.91 Å². The zero-order valence-electron chi connectivity index (χ0n) is 12.4. The molecule has 0 saturated carbocycles. The molecule has 1 aliphatic rings. The molecule has 2 unspecified atom stereocenters. The lowest BCUT2D eigenvalue weighted by molar-refractivity contribution is -0.136. The van der Waals surface area contributed by atoms with Crippen molar-refractivity contribution in [1.82, 2.24) is 4.90 Å². The van der Waals surface area contributed by atoms with Gasteiger partial charge in [-0.05, 0) is 25.0 Å². The standard InChI is InChI=1S/C15H20F2N2O2.ClH/c1-21-11-5-6-19(10(7-11)9-18)15(20)8-12-13(16)3-2-4-14(12)17;/h2-4,10-11H,5-9,18H2,1H3;1H. The van der Waals surface area contributed by atoms with Gasteiger partial charge in [-0.3, -0.25) is 4.79 Å². The fraction of sp³-hybridized carbons (Fsp3) is 0.533. The minimum absolute atomic E-state index is 0. The molecule has 1 aromatic rings. The Bertz CT molecular complexity index is 496. The third kappa shape index (κ3) is 4.15. The second-order valence-corrected chi connectivity index (χ2v) is 5.24. The van der Waals surface area contributed by atoms with Crippen molar-refractivity contribution in [2.75, 3.05) is 20.2 Å². The first-order chi connectivity index (χ1) is 10.1. The Hall–Kier alpha value is -1.24. The summed E-state index contributed by atoms with van der Waals surface area (Å²) in [6.07, 6.45) is 1.15. The molecule has 4 nitrogen and oxygen atoms in total. The predicted octanol–water partition coefficient (Wildman–Crippen LogP) is 1.89. The van der Waals surface area contributed by atoms with Crippen LogP contribution in [0.2, 0.25) is 0 Å². The molecule has 7 heteroatoms. The predicted molar refractivity (Wildman–Crippen MR) is 81.9 cm³/mol. The number of nitrogens with zero attached hydrogens (tertiary/aromatic N) is 1. The number of rotatable bonds is 4. The van der Waals surface area contributed by atoms with Gasteiger partial charge in [0.25, 0.3) is 0 Å². The summed E-state index contributed by atoms with van der Waals surface area (Å²) in [5.74, 6) is -1.69. The quantitative estimate of drug-likeness (QED) is 0.915. The van der Waals surface area contributed by atoms with Crippen molar-refractivity contribution in [3.05, 3.63) is 35.4 Å². The van der Waals surface area contributed by atoms with Gasteiger partial charge >= 0.3 is 0 Å². The summed E-state index contributed by atoms with van der Waals surface area (Å²) in [5.41, 5.74) is 5.52. The van der Waals surface area contributed by atoms with Crippen LogP contribution in [0.3, 0.4) is 0 Å². The number of hydrogen-bond donors (Lipinski definition) is 1. The average molecular weight is 335 g/mol. The maximum absolute atomic E-state index is 13.6. The van der Waals surface area contributed by atoms with Gasteiger partial charge in [-0.1, -0.05) is 6.07 Å². The summed E-state index contributed by atoms with van der Waals surface area (Å²) in [7, 11) is 1.63. The number of hydrogen-bond acceptors (Lipinski definition) is 3. The first-order valence-electron chi connectivity index (χ1n) is 7.02. The number of benzene rings is 1. The van der Waals surface area contributed by atoms with Crippen molar-refractivity contribution in [1.29, 1.82) is 0 Å². The van der Waals surface area contributed by atoms with E-state index in [-0.39, 0.29) is 42.4 Å². The van der Waals surface area contributed by atoms with Crippen molar-refractivity contribution in [3.8, 4) is 0 Å². The molecule has 0 radical (unpaired) electrons. The number of amides is 1. The van der Waals surface area contributed by atoms with E-state index in [0.717, 1.165) is 12.1 Å². The highest BCUT2D eigenvalue weighted by Crippen LogP contribution is 2.21. The number of likely N-dealkylation sites (tertiary alicyclic amines) is 1. The fourth-order valence-electron chi connectivity index (χ4n) is 2.73. The molecular weight excluding hydrogens is 314 g/mol. The van der Waals surface area contributed by atoms with Crippen LogP contribution in [-0.2, 0) is 16.0 Å². The SMILES string of the molecule is COC1CCN(C(=O)Cc2c(F)cccc2F)C(CN)C1.Cl. The minimum atomic E-state index is -0.695. The van der Waals surface area contributed by atoms with E-state index >= 15 is 0 Å². The Morgan fingerprint density at radius 3 is 2.59 bits per heavy atom. The van der Waals surface area contributed by atoms with Gasteiger partial charge in [0.05, 0.1) is 12.5 Å². The summed E-state index contributed by atoms with van der Waals surface area (Å²) in [4.78, 5) is 13.9. The van der Waals surface area contributed by atoms with Gasteiger partial charge in [-0.2, -0.15) is 0 Å². The largest absolute Gasteiger partial charge is 0.381 e. The summed E-state index contributed by atoms with van der Waals surface area (Å²) >= 11 is 0. The van der Waals surface area contributed by atoms with Gasteiger partial charge in [0.15, 0.2) is 0 Å². The first kappa shape index (κ1) is 18.8. The lowest BCUT2D eigenvalue weighted by atomic mass is 9.98. The van der Waals surface area contributed by atoms with Gasteiger partial charge in [-0.15, -0.1) is 12.4 Å². The lowest BCUT2D eigenvalue weighted by Gasteiger charge is -2.38. The Labute approximate surface area is 135 Å². The van der Waals surface area contributed by atoms with Crippen molar-refractivity contribution in [2.45, 2.75) is 31.4 Å². The number of piperidine rings is 1. The second-order valence-electron chi connectivity index (χ2n) is 5.24. The van der Waals surface area contributed by atoms with E-state index in [1.165, 1.54) is 6.07 Å². The summed E-state index contributed by atoms with van der Waals surface area (Å²) < 4.78 is 32.5. The second kappa shape index (κ2) is 8.41. The molecule has 0 spiro atoms. The molecule has 2 rings (SSSR count). The summed E-state index contributed by atoms with van der Waals surface area (Å²) in [5, 5.41) is 0. The van der Waals surface area contributed by atoms with Crippen molar-refractivity contribution in [3.63, 3.8) is 0 Å². The number of nitrogens with two attached hydrogens (primary N) is 1. The number of methoxy groups -OCH3 is 1. The van der Waals surface area contributed by atoms with Crippen LogP contribution in [-0.4, -0.2) is 43.2 Å². The van der Waals surface area contributed by atoms with E-state index in [2.05, 4.69) is 0 Å². The van der Waals surface area contributed by atoms with Crippen LogP contribution < -0.4 is 5.73 Å². The zero-order valence-corrected chi connectivity index (χ0v) is 13.2. The van der Waals surface area contributed by atoms with E-state index in [4.69, 9.17) is 10.5 Å². The van der Waals surface area contributed by atoms with Gasteiger partial charge < -0.3 is 15.4 Å². The van der Waals surface area contributed by atoms with Crippen LogP contribution >= 0.6 is 12.4 Å². The molecule has 0 aromatic heterocycles. The molecule has 22 heavy (non-hydrogen) atoms. The molecule has 0 bridgehead atoms. The van der Waals surface area contributed by atoms with Crippen LogP contribution in [0, 0.1) is 11.6 Å². The third-order valence-electron chi connectivity index (χ3n) is 3.98. The molecule has 124 valence electrons. The molecule has 0 aliphatic carbocycles. The van der Waals surface area contributed by atoms with Crippen LogP contribution in [0.25, 0.3) is 0 Å². The zero-order chi connectivity index (χ0) is 15.4. The number of carbonyl (C=O) groups is 1. The minimum Gasteiger partial charge on any atom is -0.381 e. The number of ether oxygens (including phenoxy) is 1. The van der Waals surface area contributed by atoms with Crippen LogP contribution in [0.4, 0.5) is 8.78 Å². The van der Waals surface area contributed by atoms with E-state index in [9.17, 15) is 13.6 Å².